The Hall–Kier alpha value is -4.15. The van der Waals surface area contributed by atoms with Crippen LogP contribution < -0.4 is 5.19 Å². The molecule has 0 amide bonds. The number of aromatic nitrogens is 2. The molecule has 58 heavy (non-hydrogen) atoms. The quantitative estimate of drug-likeness (QED) is 0.123. The van der Waals surface area contributed by atoms with E-state index < -0.39 is 8.07 Å². The van der Waals surface area contributed by atoms with E-state index in [0.29, 0.717) is 0 Å². The number of nitrogens with zero attached hydrogens (tertiary/aromatic N) is 2. The molecule has 3 nitrogen and oxygen atoms in total. The van der Waals surface area contributed by atoms with Gasteiger partial charge in [0.2, 0.25) is 0 Å². The molecule has 1 fully saturated rings. The van der Waals surface area contributed by atoms with E-state index in [9.17, 15) is 0 Å². The van der Waals surface area contributed by atoms with Crippen molar-refractivity contribution in [1.82, 2.24) is 9.97 Å². The molecule has 5 heteroatoms. The monoisotopic (exact) mass is 961 g/mol. The first kappa shape index (κ1) is 43.4. The molecule has 7 aromatic rings. The van der Waals surface area contributed by atoms with Gasteiger partial charge in [-0.15, -0.1) is 58.7 Å². The van der Waals surface area contributed by atoms with Crippen molar-refractivity contribution >= 4 is 35.2 Å². The van der Waals surface area contributed by atoms with Crippen molar-refractivity contribution in [3.8, 4) is 33.6 Å². The van der Waals surface area contributed by atoms with Gasteiger partial charge in [0.1, 0.15) is 5.58 Å². The maximum absolute atomic E-state index is 6.24. The van der Waals surface area contributed by atoms with Gasteiger partial charge in [0, 0.05) is 37.9 Å². The van der Waals surface area contributed by atoms with Crippen LogP contribution in [0.1, 0.15) is 91.8 Å². The van der Waals surface area contributed by atoms with Gasteiger partial charge in [-0.2, -0.15) is 0 Å². The number of fused-ring (bicyclic) bond motifs is 3. The number of hydrogen-bond acceptors (Lipinski definition) is 3. The Bertz CT molecular complexity index is 2540. The van der Waals surface area contributed by atoms with Crippen LogP contribution in [0.4, 0.5) is 0 Å². The molecule has 0 saturated heterocycles. The topological polar surface area (TPSA) is 38.9 Å². The third-order valence-electron chi connectivity index (χ3n) is 11.8. The van der Waals surface area contributed by atoms with Gasteiger partial charge < -0.3 is 14.4 Å². The summed E-state index contributed by atoms with van der Waals surface area (Å²) < 4.78 is 6.24. The van der Waals surface area contributed by atoms with Crippen molar-refractivity contribution < 1.29 is 24.5 Å². The number of aryl methyl sites for hydroxylation is 5. The first-order chi connectivity index (χ1) is 27.0. The predicted octanol–water partition coefficient (Wildman–Crippen LogP) is 14.2. The van der Waals surface area contributed by atoms with Crippen molar-refractivity contribution in [1.29, 1.82) is 0 Å². The molecule has 1 aliphatic carbocycles. The second-order valence-electron chi connectivity index (χ2n) is 18.8. The molecule has 0 atom stereocenters. The number of pyridine rings is 2. The first-order valence-corrected chi connectivity index (χ1v) is 24.5. The van der Waals surface area contributed by atoms with Crippen LogP contribution in [0.5, 0.6) is 0 Å². The van der Waals surface area contributed by atoms with Gasteiger partial charge in [-0.05, 0) is 95.0 Å². The zero-order chi connectivity index (χ0) is 40.6. The molecule has 0 aliphatic heterocycles. The molecule has 0 bridgehead atoms. The Morgan fingerprint density at radius 2 is 1.41 bits per heavy atom. The fourth-order valence-electron chi connectivity index (χ4n) is 8.92. The maximum Gasteiger partial charge on any atom is 0.121 e. The van der Waals surface area contributed by atoms with Gasteiger partial charge >= 0.3 is 0 Å². The molecule has 0 N–H and O–H groups in total. The SMILES string of the molecule is Cc1c[c-]c(-c2cc(CC3CCCCC3)c([Si](C)(C)C)cn2)c(C)c1.Cc1cc(C)c(-c2ccc3c(c2)oc2c[c-]c(-c4cc(C(C)(C)C)ccn4)cc23)c(C)c1.[Ir]. The maximum atomic E-state index is 6.24. The van der Waals surface area contributed by atoms with Gasteiger partial charge in [-0.25, -0.2) is 0 Å². The third kappa shape index (κ3) is 9.65. The Kier molecular flexibility index (Phi) is 13.2. The van der Waals surface area contributed by atoms with Crippen LogP contribution in [0.15, 0.2) is 89.6 Å². The molecule has 303 valence electrons. The molecular formula is C53H60IrN2OSi-2. The number of rotatable bonds is 6. The Morgan fingerprint density at radius 3 is 2.09 bits per heavy atom. The van der Waals surface area contributed by atoms with Gasteiger partial charge in [0.05, 0.1) is 13.7 Å². The summed E-state index contributed by atoms with van der Waals surface area (Å²) in [5, 5.41) is 3.76. The molecule has 3 heterocycles. The minimum absolute atomic E-state index is 0. The van der Waals surface area contributed by atoms with E-state index in [0.717, 1.165) is 50.4 Å². The molecule has 0 unspecified atom stereocenters. The normalized spacial score (nSPS) is 13.6. The van der Waals surface area contributed by atoms with E-state index in [1.54, 1.807) is 10.8 Å². The Labute approximate surface area is 362 Å². The van der Waals surface area contributed by atoms with Crippen LogP contribution in [-0.4, -0.2) is 18.0 Å². The van der Waals surface area contributed by atoms with Crippen molar-refractivity contribution in [3.63, 3.8) is 0 Å². The number of hydrogen-bond donors (Lipinski definition) is 0. The van der Waals surface area contributed by atoms with E-state index in [1.165, 1.54) is 83.0 Å². The van der Waals surface area contributed by atoms with Crippen LogP contribution in [0.25, 0.3) is 55.6 Å². The fraction of sp³-hybridized carbons (Fsp3) is 0.358. The van der Waals surface area contributed by atoms with E-state index in [4.69, 9.17) is 9.40 Å². The van der Waals surface area contributed by atoms with Crippen LogP contribution in [0, 0.1) is 52.7 Å². The zero-order valence-corrected chi connectivity index (χ0v) is 39.9. The fourth-order valence-corrected chi connectivity index (χ4v) is 10.5. The van der Waals surface area contributed by atoms with Crippen molar-refractivity contribution in [2.75, 3.05) is 0 Å². The molecule has 3 aromatic heterocycles. The summed E-state index contributed by atoms with van der Waals surface area (Å²) in [4.78, 5) is 9.48. The van der Waals surface area contributed by atoms with Crippen LogP contribution in [0.2, 0.25) is 19.6 Å². The molecule has 0 spiro atoms. The minimum Gasteiger partial charge on any atom is -0.500 e. The predicted molar refractivity (Wildman–Crippen MR) is 245 cm³/mol. The molecule has 8 rings (SSSR count). The van der Waals surface area contributed by atoms with Gasteiger partial charge in [0.15, 0.2) is 0 Å². The second-order valence-corrected chi connectivity index (χ2v) is 23.8. The summed E-state index contributed by atoms with van der Waals surface area (Å²) in [5.74, 6) is 0.863. The second kappa shape index (κ2) is 17.6. The molecule has 1 radical (unpaired) electrons. The average Bonchev–Trinajstić information content (AvgIpc) is 3.52. The standard InChI is InChI=1S/C30H28NO.C23H32NSi.Ir/c1-18-13-19(2)29(20(3)14-18)22-7-9-24-25-15-21(8-10-27(25)32-28(24)16-22)26-17-23(11-12-31-26)30(4,5)6;1-17-11-12-21(18(2)13-17)22-15-20(14-19-9-7-6-8-10-19)23(16-24-22)25(3,4)5;/h7,9-17H,1-6H3;11,13,15-16,19H,6-10,14H2,1-5H3;/q2*-1;. The van der Waals surface area contributed by atoms with E-state index >= 15 is 0 Å². The van der Waals surface area contributed by atoms with Gasteiger partial charge in [-0.1, -0.05) is 139 Å². The van der Waals surface area contributed by atoms with Gasteiger partial charge in [-0.3, -0.25) is 0 Å². The summed E-state index contributed by atoms with van der Waals surface area (Å²) >= 11 is 0. The van der Waals surface area contributed by atoms with Crippen LogP contribution in [0.3, 0.4) is 0 Å². The summed E-state index contributed by atoms with van der Waals surface area (Å²) in [5.41, 5.74) is 17.7. The Morgan fingerprint density at radius 1 is 0.707 bits per heavy atom. The minimum atomic E-state index is -1.38. The summed E-state index contributed by atoms with van der Waals surface area (Å²) in [6, 6.07) is 32.9. The Balaban J connectivity index is 0.000000198. The first-order valence-electron chi connectivity index (χ1n) is 21.0. The van der Waals surface area contributed by atoms with Crippen LogP contribution in [-0.2, 0) is 31.9 Å². The molecule has 4 aromatic carbocycles. The number of benzene rings is 4. The van der Waals surface area contributed by atoms with Crippen molar-refractivity contribution in [2.24, 2.45) is 5.92 Å². The molecule has 1 aliphatic rings. The largest absolute Gasteiger partial charge is 0.500 e. The average molecular weight is 961 g/mol. The third-order valence-corrected chi connectivity index (χ3v) is 13.9. The summed E-state index contributed by atoms with van der Waals surface area (Å²) in [6.07, 6.45) is 12.4. The van der Waals surface area contributed by atoms with Crippen molar-refractivity contribution in [2.45, 2.75) is 119 Å². The zero-order valence-electron chi connectivity index (χ0n) is 36.5. The summed E-state index contributed by atoms with van der Waals surface area (Å²) in [6.45, 7) is 24.8. The van der Waals surface area contributed by atoms with E-state index in [2.05, 4.69) is 165 Å². The van der Waals surface area contributed by atoms with Crippen molar-refractivity contribution in [3.05, 3.63) is 136 Å². The van der Waals surface area contributed by atoms with E-state index in [1.807, 2.05) is 12.3 Å². The smallest absolute Gasteiger partial charge is 0.121 e. The molecule has 1 saturated carbocycles. The van der Waals surface area contributed by atoms with Crippen LogP contribution >= 0.6 is 0 Å². The van der Waals surface area contributed by atoms with E-state index in [-0.39, 0.29) is 25.5 Å². The number of furan rings is 1. The van der Waals surface area contributed by atoms with Gasteiger partial charge in [0.25, 0.3) is 0 Å². The summed E-state index contributed by atoms with van der Waals surface area (Å²) in [7, 11) is -1.38. The molecular weight excluding hydrogens is 901 g/mol.